The van der Waals surface area contributed by atoms with Gasteiger partial charge in [-0.15, -0.1) is 0 Å². The van der Waals surface area contributed by atoms with Crippen molar-refractivity contribution in [3.05, 3.63) is 0 Å². The van der Waals surface area contributed by atoms with E-state index in [1.807, 2.05) is 0 Å². The average Bonchev–Trinajstić information content (AvgIpc) is 2.14. The van der Waals surface area contributed by atoms with Crippen LogP contribution in [-0.2, 0) is 0 Å². The van der Waals surface area contributed by atoms with E-state index in [-0.39, 0.29) is 5.60 Å². The third kappa shape index (κ3) is 2.71. The van der Waals surface area contributed by atoms with E-state index in [1.165, 1.54) is 25.9 Å². The second-order valence-electron chi connectivity index (χ2n) is 5.59. The number of piperidine rings is 1. The number of rotatable bonds is 3. The van der Waals surface area contributed by atoms with Gasteiger partial charge in [-0.05, 0) is 45.2 Å². The van der Waals surface area contributed by atoms with Crippen LogP contribution in [0.15, 0.2) is 0 Å². The highest BCUT2D eigenvalue weighted by Crippen LogP contribution is 2.31. The molecule has 0 aromatic heterocycles. The molecular weight excluding hydrogens is 188 g/mol. The molecule has 0 bridgehead atoms. The summed E-state index contributed by atoms with van der Waals surface area (Å²) in [4.78, 5) is 2.39. The van der Waals surface area contributed by atoms with Crippen LogP contribution >= 0.6 is 0 Å². The number of aliphatic hydroxyl groups is 1. The highest BCUT2D eigenvalue weighted by Gasteiger charge is 2.35. The van der Waals surface area contributed by atoms with Crippen molar-refractivity contribution in [2.24, 2.45) is 5.92 Å². The van der Waals surface area contributed by atoms with Gasteiger partial charge in [0.2, 0.25) is 0 Å². The molecule has 2 aliphatic rings. The van der Waals surface area contributed by atoms with Gasteiger partial charge in [-0.3, -0.25) is 0 Å². The van der Waals surface area contributed by atoms with Gasteiger partial charge in [0.15, 0.2) is 0 Å². The molecule has 1 saturated heterocycles. The van der Waals surface area contributed by atoms with Crippen molar-refractivity contribution < 1.29 is 5.11 Å². The van der Waals surface area contributed by atoms with E-state index in [1.54, 1.807) is 0 Å². The Labute approximate surface area is 92.8 Å². The predicted molar refractivity (Wildman–Crippen MR) is 61.9 cm³/mol. The maximum absolute atomic E-state index is 10.0. The molecular formula is C12H24N2O. The third-order valence-electron chi connectivity index (χ3n) is 4.09. The molecule has 2 unspecified atom stereocenters. The van der Waals surface area contributed by atoms with Crippen LogP contribution in [0.4, 0.5) is 0 Å². The van der Waals surface area contributed by atoms with Crippen LogP contribution in [0.3, 0.4) is 0 Å². The molecule has 2 fully saturated rings. The Morgan fingerprint density at radius 3 is 2.73 bits per heavy atom. The highest BCUT2D eigenvalue weighted by molar-refractivity contribution is 4.92. The van der Waals surface area contributed by atoms with Crippen LogP contribution < -0.4 is 5.32 Å². The highest BCUT2D eigenvalue weighted by atomic mass is 16.3. The summed E-state index contributed by atoms with van der Waals surface area (Å²) < 4.78 is 0. The largest absolute Gasteiger partial charge is 0.389 e. The molecule has 1 aliphatic carbocycles. The third-order valence-corrected chi connectivity index (χ3v) is 4.09. The first-order valence-electron chi connectivity index (χ1n) is 6.23. The Morgan fingerprint density at radius 2 is 2.20 bits per heavy atom. The zero-order chi connectivity index (χ0) is 10.9. The Hall–Kier alpha value is -0.120. The number of hydrogen-bond donors (Lipinski definition) is 2. The molecule has 1 aliphatic heterocycles. The van der Waals surface area contributed by atoms with Crippen molar-refractivity contribution in [2.45, 2.75) is 44.2 Å². The van der Waals surface area contributed by atoms with Crippen LogP contribution in [0, 0.1) is 5.92 Å². The van der Waals surface area contributed by atoms with Gasteiger partial charge < -0.3 is 15.3 Å². The minimum absolute atomic E-state index is 0.372. The lowest BCUT2D eigenvalue weighted by Crippen LogP contribution is -2.53. The number of hydrogen-bond acceptors (Lipinski definition) is 3. The first-order chi connectivity index (χ1) is 7.09. The Kier molecular flexibility index (Phi) is 3.33. The summed E-state index contributed by atoms with van der Waals surface area (Å²) >= 11 is 0. The molecule has 0 amide bonds. The fourth-order valence-electron chi connectivity index (χ4n) is 2.74. The van der Waals surface area contributed by atoms with E-state index < -0.39 is 0 Å². The average molecular weight is 212 g/mol. The van der Waals surface area contributed by atoms with Gasteiger partial charge in [-0.1, -0.05) is 6.92 Å². The molecule has 0 radical (unpaired) electrons. The summed E-state index contributed by atoms with van der Waals surface area (Å²) in [6.07, 6.45) is 4.39. The monoisotopic (exact) mass is 212 g/mol. The Bertz CT molecular complexity index is 216. The van der Waals surface area contributed by atoms with Crippen LogP contribution in [0.2, 0.25) is 0 Å². The summed E-state index contributed by atoms with van der Waals surface area (Å²) in [6.45, 7) is 5.46. The van der Waals surface area contributed by atoms with Gasteiger partial charge >= 0.3 is 0 Å². The minimum Gasteiger partial charge on any atom is -0.389 e. The fourth-order valence-corrected chi connectivity index (χ4v) is 2.74. The van der Waals surface area contributed by atoms with Crippen molar-refractivity contribution in [3.8, 4) is 0 Å². The van der Waals surface area contributed by atoms with E-state index in [2.05, 4.69) is 24.2 Å². The maximum Gasteiger partial charge on any atom is 0.0771 e. The molecule has 15 heavy (non-hydrogen) atoms. The van der Waals surface area contributed by atoms with Crippen LogP contribution in [0.5, 0.6) is 0 Å². The second kappa shape index (κ2) is 4.40. The predicted octanol–water partition coefficient (Wildman–Crippen LogP) is 0.831. The smallest absolute Gasteiger partial charge is 0.0771 e. The number of likely N-dealkylation sites (tertiary alicyclic amines) is 1. The molecule has 1 saturated carbocycles. The first-order valence-corrected chi connectivity index (χ1v) is 6.23. The van der Waals surface area contributed by atoms with Gasteiger partial charge in [0.1, 0.15) is 0 Å². The van der Waals surface area contributed by atoms with Crippen LogP contribution in [0.25, 0.3) is 0 Å². The van der Waals surface area contributed by atoms with E-state index in [9.17, 15) is 5.11 Å². The van der Waals surface area contributed by atoms with Gasteiger partial charge in [0, 0.05) is 19.1 Å². The molecule has 88 valence electrons. The molecule has 0 spiro atoms. The van der Waals surface area contributed by atoms with Crippen molar-refractivity contribution in [2.75, 3.05) is 26.7 Å². The minimum atomic E-state index is -0.372. The summed E-state index contributed by atoms with van der Waals surface area (Å²) in [5, 5.41) is 13.6. The lowest BCUT2D eigenvalue weighted by molar-refractivity contribution is -0.0359. The van der Waals surface area contributed by atoms with E-state index in [4.69, 9.17) is 0 Å². The van der Waals surface area contributed by atoms with E-state index in [0.29, 0.717) is 12.0 Å². The SMILES string of the molecule is CC1CN(C)CCC1NCC1(O)CCC1. The molecule has 3 nitrogen and oxygen atoms in total. The summed E-state index contributed by atoms with van der Waals surface area (Å²) in [5.74, 6) is 0.701. The van der Waals surface area contributed by atoms with E-state index >= 15 is 0 Å². The van der Waals surface area contributed by atoms with Crippen LogP contribution in [-0.4, -0.2) is 48.3 Å². The van der Waals surface area contributed by atoms with Crippen molar-refractivity contribution in [3.63, 3.8) is 0 Å². The lowest BCUT2D eigenvalue weighted by Gasteiger charge is -2.41. The lowest BCUT2D eigenvalue weighted by atomic mass is 9.80. The zero-order valence-electron chi connectivity index (χ0n) is 10.00. The summed E-state index contributed by atoms with van der Waals surface area (Å²) in [5.41, 5.74) is -0.372. The van der Waals surface area contributed by atoms with E-state index in [0.717, 1.165) is 19.4 Å². The standard InChI is InChI=1S/C12H24N2O/c1-10-8-14(2)7-4-11(10)13-9-12(15)5-3-6-12/h10-11,13,15H,3-9H2,1-2H3. The molecule has 2 atom stereocenters. The van der Waals surface area contributed by atoms with Gasteiger partial charge in [0.25, 0.3) is 0 Å². The fraction of sp³-hybridized carbons (Fsp3) is 1.00. The van der Waals surface area contributed by atoms with Crippen molar-refractivity contribution in [1.29, 1.82) is 0 Å². The second-order valence-corrected chi connectivity index (χ2v) is 5.59. The molecule has 2 rings (SSSR count). The molecule has 0 aromatic carbocycles. The number of nitrogens with zero attached hydrogens (tertiary/aromatic N) is 1. The normalized spacial score (nSPS) is 36.2. The van der Waals surface area contributed by atoms with Gasteiger partial charge in [0.05, 0.1) is 5.60 Å². The summed E-state index contributed by atoms with van der Waals surface area (Å²) in [7, 11) is 2.19. The maximum atomic E-state index is 10.0. The topological polar surface area (TPSA) is 35.5 Å². The summed E-state index contributed by atoms with van der Waals surface area (Å²) in [6, 6.07) is 0.603. The van der Waals surface area contributed by atoms with Gasteiger partial charge in [-0.2, -0.15) is 0 Å². The van der Waals surface area contributed by atoms with Crippen molar-refractivity contribution >= 4 is 0 Å². The Morgan fingerprint density at radius 1 is 1.47 bits per heavy atom. The Balaban J connectivity index is 1.74. The number of nitrogens with one attached hydrogen (secondary N) is 1. The van der Waals surface area contributed by atoms with Gasteiger partial charge in [-0.25, -0.2) is 0 Å². The van der Waals surface area contributed by atoms with Crippen molar-refractivity contribution in [1.82, 2.24) is 10.2 Å². The first kappa shape index (κ1) is 11.4. The molecule has 3 heteroatoms. The molecule has 2 N–H and O–H groups in total. The molecule has 1 heterocycles. The quantitative estimate of drug-likeness (QED) is 0.727. The van der Waals surface area contributed by atoms with Crippen LogP contribution in [0.1, 0.15) is 32.6 Å². The molecule has 0 aromatic rings. The zero-order valence-corrected chi connectivity index (χ0v) is 10.00.